The molecule has 0 N–H and O–H groups in total. The Labute approximate surface area is 100 Å². The van der Waals surface area contributed by atoms with Crippen molar-refractivity contribution in [2.75, 3.05) is 0 Å². The Bertz CT molecular complexity index is 342. The number of nitrogens with zero attached hydrogens (tertiary/aromatic N) is 1. The van der Waals surface area contributed by atoms with Crippen molar-refractivity contribution < 1.29 is 4.34 Å². The monoisotopic (exact) mass is 299 g/mol. The van der Waals surface area contributed by atoms with Crippen molar-refractivity contribution in [3.63, 3.8) is 0 Å². The average molecular weight is 301 g/mol. The van der Waals surface area contributed by atoms with E-state index >= 15 is 0 Å². The molecule has 1 heterocycles. The molecule has 13 heavy (non-hydrogen) atoms. The number of hydrogen-bond acceptors (Lipinski definition) is 0. The molecule has 0 saturated heterocycles. The van der Waals surface area contributed by atoms with Crippen molar-refractivity contribution in [1.29, 1.82) is 0 Å². The molecule has 0 radical (unpaired) electrons. The molecule has 0 spiro atoms. The second-order valence-electron chi connectivity index (χ2n) is 2.78. The molecule has 0 aliphatic carbocycles. The van der Waals surface area contributed by atoms with Crippen LogP contribution >= 0.6 is 59.1 Å². The number of aromatic nitrogens is 1. The maximum atomic E-state index is 5.80. The summed E-state index contributed by atoms with van der Waals surface area (Å²) >= 11 is 29.0. The number of pyridine rings is 1. The van der Waals surface area contributed by atoms with Gasteiger partial charge in [-0.25, -0.2) is 0 Å². The number of aryl methyl sites for hydroxylation is 1. The van der Waals surface area contributed by atoms with Gasteiger partial charge in [0.2, 0.25) is 0 Å². The van der Waals surface area contributed by atoms with Gasteiger partial charge in [0.25, 0.3) is 0 Å². The van der Waals surface area contributed by atoms with Crippen LogP contribution in [0.4, 0.5) is 0 Å². The first-order chi connectivity index (χ1) is 5.49. The van der Waals surface area contributed by atoms with Crippen molar-refractivity contribution in [2.24, 2.45) is 0 Å². The first-order valence-corrected chi connectivity index (χ1v) is 10.5. The Morgan fingerprint density at radius 2 is 1.69 bits per heavy atom. The number of hydrogen-bond donors (Lipinski definition) is 0. The van der Waals surface area contributed by atoms with E-state index in [9.17, 15) is 0 Å². The molecule has 0 aliphatic rings. The van der Waals surface area contributed by atoms with Crippen molar-refractivity contribution in [3.8, 4) is 0 Å². The van der Waals surface area contributed by atoms with E-state index in [-0.39, 0.29) is 0 Å². The Morgan fingerprint density at radius 1 is 1.15 bits per heavy atom. The summed E-state index contributed by atoms with van der Waals surface area (Å²) in [7, 11) is 0. The van der Waals surface area contributed by atoms with Gasteiger partial charge < -0.3 is 0 Å². The van der Waals surface area contributed by atoms with Gasteiger partial charge in [-0.1, -0.05) is 0 Å². The van der Waals surface area contributed by atoms with Gasteiger partial charge in [-0.05, 0) is 0 Å². The molecule has 0 aliphatic heterocycles. The summed E-state index contributed by atoms with van der Waals surface area (Å²) in [6.07, 6.45) is 3.11. The van der Waals surface area contributed by atoms with E-state index in [1.165, 1.54) is 10.5 Å². The second kappa shape index (κ2) is 2.78. The summed E-state index contributed by atoms with van der Waals surface area (Å²) in [4.78, 5) is 0. The minimum absolute atomic E-state index is 0.903. The van der Waals surface area contributed by atoms with Crippen molar-refractivity contribution >= 4 is 59.1 Å². The molecule has 1 aromatic rings. The third-order valence-corrected chi connectivity index (χ3v) is 5.11. The Morgan fingerprint density at radius 3 is 2.00 bits per heavy atom. The van der Waals surface area contributed by atoms with Gasteiger partial charge >= 0.3 is 100 Å². The van der Waals surface area contributed by atoms with Crippen molar-refractivity contribution in [2.45, 2.75) is 6.92 Å². The number of halogens is 5. The molecular formula is C6H7Cl5NP. The second-order valence-corrected chi connectivity index (χ2v) is 22.9. The molecule has 1 aromatic heterocycles. The number of rotatable bonds is 1. The Kier molecular flexibility index (Phi) is 2.59. The van der Waals surface area contributed by atoms with E-state index in [0.29, 0.717) is 0 Å². The predicted octanol–water partition coefficient (Wildman–Crippen LogP) is 4.90. The molecule has 0 amide bonds. The third kappa shape index (κ3) is 3.58. The van der Waals surface area contributed by atoms with Gasteiger partial charge in [-0.2, -0.15) is 0 Å². The standard InChI is InChI=1S/C6H7Cl5NP/c1-6-3-2-4-12(5-6)13(7,8,9,10)11/h2-5H,1H3. The quantitative estimate of drug-likeness (QED) is 0.649. The van der Waals surface area contributed by atoms with Gasteiger partial charge in [-0.3, -0.25) is 0 Å². The molecule has 0 saturated carbocycles. The molecule has 0 fully saturated rings. The van der Waals surface area contributed by atoms with Crippen LogP contribution in [0.2, 0.25) is 0 Å². The zero-order valence-electron chi connectivity index (χ0n) is 6.59. The summed E-state index contributed by atoms with van der Waals surface area (Å²) in [5.41, 5.74) is 0.903. The fourth-order valence-electron chi connectivity index (χ4n) is 0.813. The van der Waals surface area contributed by atoms with Crippen LogP contribution in [0.1, 0.15) is 5.56 Å². The first-order valence-electron chi connectivity index (χ1n) is 3.31. The van der Waals surface area contributed by atoms with Gasteiger partial charge in [0.1, 0.15) is 0 Å². The minimum atomic E-state index is -4.90. The molecule has 7 heteroatoms. The Hall–Kier alpha value is 1.03. The SMILES string of the molecule is Cc1ccc[n+]([P-](Cl)(Cl)(Cl)(Cl)Cl)c1. The molecule has 1 nitrogen and oxygen atoms in total. The summed E-state index contributed by atoms with van der Waals surface area (Å²) in [5.74, 6) is 0. The maximum absolute atomic E-state index is 5.80. The normalized spacial score (nSPS) is 17.7. The van der Waals surface area contributed by atoms with Crippen molar-refractivity contribution in [3.05, 3.63) is 30.1 Å². The van der Waals surface area contributed by atoms with Gasteiger partial charge in [0.15, 0.2) is 0 Å². The van der Waals surface area contributed by atoms with Crippen LogP contribution in [0, 0.1) is 6.92 Å². The van der Waals surface area contributed by atoms with Crippen LogP contribution in [0.25, 0.3) is 0 Å². The fourth-order valence-corrected chi connectivity index (χ4v) is 2.95. The van der Waals surface area contributed by atoms with E-state index in [2.05, 4.69) is 0 Å². The zero-order chi connectivity index (χ0) is 10.4. The summed E-state index contributed by atoms with van der Waals surface area (Å²) < 4.78 is -3.67. The summed E-state index contributed by atoms with van der Waals surface area (Å²) in [6.45, 7) is 1.85. The van der Waals surface area contributed by atoms with Crippen LogP contribution in [0.3, 0.4) is 0 Å². The van der Waals surface area contributed by atoms with Gasteiger partial charge in [-0.15, -0.1) is 0 Å². The van der Waals surface area contributed by atoms with Crippen LogP contribution < -0.4 is 4.34 Å². The predicted molar refractivity (Wildman–Crippen MR) is 63.0 cm³/mol. The average Bonchev–Trinajstić information content (AvgIpc) is 1.82. The van der Waals surface area contributed by atoms with Crippen LogP contribution in [0.15, 0.2) is 24.5 Å². The molecule has 1 rings (SSSR count). The molecule has 0 unspecified atom stereocenters. The van der Waals surface area contributed by atoms with Crippen LogP contribution in [-0.4, -0.2) is 0 Å². The molecule has 76 valence electrons. The van der Waals surface area contributed by atoms with Gasteiger partial charge in [0.05, 0.1) is 0 Å². The zero-order valence-corrected chi connectivity index (χ0v) is 11.3. The van der Waals surface area contributed by atoms with E-state index < -0.39 is 2.86 Å². The van der Waals surface area contributed by atoms with Crippen LogP contribution in [-0.2, 0) is 0 Å². The fraction of sp³-hybridized carbons (Fsp3) is 0.167. The van der Waals surface area contributed by atoms with Crippen molar-refractivity contribution in [1.82, 2.24) is 0 Å². The molecule has 0 aromatic carbocycles. The van der Waals surface area contributed by atoms with E-state index in [1.54, 1.807) is 12.3 Å². The summed E-state index contributed by atoms with van der Waals surface area (Å²) in [6, 6.07) is 3.55. The van der Waals surface area contributed by atoms with E-state index in [4.69, 9.17) is 56.2 Å². The summed E-state index contributed by atoms with van der Waals surface area (Å²) in [5, 5.41) is 0. The third-order valence-electron chi connectivity index (χ3n) is 1.37. The van der Waals surface area contributed by atoms with Gasteiger partial charge in [0, 0.05) is 0 Å². The Balaban J connectivity index is 3.41. The van der Waals surface area contributed by atoms with E-state index in [0.717, 1.165) is 5.56 Å². The molecule has 0 bridgehead atoms. The molecule has 0 atom stereocenters. The van der Waals surface area contributed by atoms with Crippen LogP contribution in [0.5, 0.6) is 0 Å². The first kappa shape index (κ1) is 12.1. The topological polar surface area (TPSA) is 3.88 Å². The molecular weight excluding hydrogens is 294 g/mol. The van der Waals surface area contributed by atoms with E-state index in [1.807, 2.05) is 13.0 Å².